The minimum atomic E-state index is 0.0317. The van der Waals surface area contributed by atoms with E-state index in [0.717, 1.165) is 46.0 Å². The zero-order valence-corrected chi connectivity index (χ0v) is 22.3. The largest absolute Gasteiger partial charge is 0.339 e. The zero-order chi connectivity index (χ0) is 26.4. The van der Waals surface area contributed by atoms with Gasteiger partial charge in [0.1, 0.15) is 0 Å². The summed E-state index contributed by atoms with van der Waals surface area (Å²) in [6, 6.07) is 19.8. The molecule has 3 atom stereocenters. The maximum atomic E-state index is 13.8. The summed E-state index contributed by atoms with van der Waals surface area (Å²) in [6.07, 6.45) is 13.0. The fourth-order valence-electron chi connectivity index (χ4n) is 6.07. The van der Waals surface area contributed by atoms with Crippen LogP contribution >= 0.6 is 0 Å². The van der Waals surface area contributed by atoms with Crippen LogP contribution in [0.4, 0.5) is 0 Å². The molecule has 2 aliphatic rings. The van der Waals surface area contributed by atoms with Crippen molar-refractivity contribution >= 4 is 27.6 Å². The van der Waals surface area contributed by atoms with Crippen LogP contribution in [0.2, 0.25) is 0 Å². The second-order valence-corrected chi connectivity index (χ2v) is 10.9. The number of rotatable bonds is 4. The maximum absolute atomic E-state index is 13.8. The monoisotopic (exact) mass is 499 g/mol. The molecule has 0 saturated heterocycles. The van der Waals surface area contributed by atoms with Crippen LogP contribution in [-0.4, -0.2) is 10.4 Å². The molecule has 0 fully saturated rings. The third-order valence-corrected chi connectivity index (χ3v) is 8.46. The Labute approximate surface area is 223 Å². The molecule has 0 radical (unpaired) electrons. The van der Waals surface area contributed by atoms with Gasteiger partial charge in [0.05, 0.1) is 11.0 Å². The van der Waals surface area contributed by atoms with Crippen LogP contribution in [0.3, 0.4) is 0 Å². The number of hydrogen-bond acceptors (Lipinski definition) is 2. The lowest BCUT2D eigenvalue weighted by Crippen LogP contribution is -2.16. The number of aromatic nitrogens is 1. The van der Waals surface area contributed by atoms with Crippen LogP contribution in [0.5, 0.6) is 0 Å². The van der Waals surface area contributed by atoms with Crippen molar-refractivity contribution in [3.05, 3.63) is 129 Å². The molecular weight excluding hydrogens is 466 g/mol. The SMILES string of the molecule is CCC(C)C1=CC=CC(Cn2c3ccccc3c(=O)c3cc4c(cc32)C(=O)c2ccccc2C(C)C4)C=C1. The second kappa shape index (κ2) is 9.72. The Morgan fingerprint density at radius 2 is 1.71 bits per heavy atom. The number of benzene rings is 3. The van der Waals surface area contributed by atoms with Gasteiger partial charge in [-0.1, -0.05) is 87.5 Å². The molecule has 3 unspecified atom stereocenters. The number of fused-ring (bicyclic) bond motifs is 4. The molecule has 4 aromatic rings. The highest BCUT2D eigenvalue weighted by Gasteiger charge is 2.27. The number of hydrogen-bond donors (Lipinski definition) is 0. The molecule has 190 valence electrons. The van der Waals surface area contributed by atoms with Crippen molar-refractivity contribution in [1.29, 1.82) is 0 Å². The molecule has 0 N–H and O–H groups in total. The minimum Gasteiger partial charge on any atom is -0.339 e. The standard InChI is InChI=1S/C35H33NO2/c1-4-22(2)25-11-9-10-24(16-17-25)21-36-32-15-8-7-14-29(32)35(38)31-19-26-18-23(3)27-12-5-6-13-28(27)34(37)30(26)20-33(31)36/h5-17,19-20,22-24H,4,18,21H2,1-3H3. The van der Waals surface area contributed by atoms with E-state index in [9.17, 15) is 9.59 Å². The van der Waals surface area contributed by atoms with E-state index in [0.29, 0.717) is 23.4 Å². The van der Waals surface area contributed by atoms with Crippen molar-refractivity contribution in [1.82, 2.24) is 4.57 Å². The number of nitrogens with zero attached hydrogens (tertiary/aromatic N) is 1. The Kier molecular flexibility index (Phi) is 6.23. The first kappa shape index (κ1) is 24.4. The van der Waals surface area contributed by atoms with E-state index >= 15 is 0 Å². The molecule has 1 aromatic heterocycles. The molecular formula is C35H33NO2. The van der Waals surface area contributed by atoms with Crippen LogP contribution in [0, 0.1) is 11.8 Å². The van der Waals surface area contributed by atoms with E-state index in [4.69, 9.17) is 0 Å². The van der Waals surface area contributed by atoms with Crippen LogP contribution in [0.25, 0.3) is 21.8 Å². The number of allylic oxidation sites excluding steroid dienone is 6. The quantitative estimate of drug-likeness (QED) is 0.269. The first-order chi connectivity index (χ1) is 18.5. The summed E-state index contributed by atoms with van der Waals surface area (Å²) in [5, 5.41) is 1.41. The topological polar surface area (TPSA) is 39.1 Å². The van der Waals surface area contributed by atoms with Gasteiger partial charge in [0.25, 0.3) is 0 Å². The van der Waals surface area contributed by atoms with E-state index in [-0.39, 0.29) is 23.0 Å². The molecule has 0 spiro atoms. The Hall–Kier alpha value is -3.98. The number of pyridine rings is 1. The summed E-state index contributed by atoms with van der Waals surface area (Å²) in [5.74, 6) is 0.920. The van der Waals surface area contributed by atoms with Crippen molar-refractivity contribution in [2.75, 3.05) is 0 Å². The van der Waals surface area contributed by atoms with Gasteiger partial charge in [-0.15, -0.1) is 0 Å². The third-order valence-electron chi connectivity index (χ3n) is 8.46. The minimum absolute atomic E-state index is 0.0317. The average Bonchev–Trinajstić information content (AvgIpc) is 3.24. The van der Waals surface area contributed by atoms with Gasteiger partial charge in [-0.3, -0.25) is 9.59 Å². The molecule has 1 heterocycles. The molecule has 0 bridgehead atoms. The highest BCUT2D eigenvalue weighted by Crippen LogP contribution is 2.34. The van der Waals surface area contributed by atoms with Crippen LogP contribution in [0.15, 0.2) is 101 Å². The fourth-order valence-corrected chi connectivity index (χ4v) is 6.07. The molecule has 3 heteroatoms. The molecule has 2 aliphatic carbocycles. The average molecular weight is 500 g/mol. The lowest BCUT2D eigenvalue weighted by Gasteiger charge is -2.20. The van der Waals surface area contributed by atoms with Gasteiger partial charge in [0, 0.05) is 34.4 Å². The van der Waals surface area contributed by atoms with Gasteiger partial charge in [-0.05, 0) is 65.6 Å². The summed E-state index contributed by atoms with van der Waals surface area (Å²) in [6.45, 7) is 7.32. The van der Waals surface area contributed by atoms with Crippen molar-refractivity contribution in [3.8, 4) is 0 Å². The smallest absolute Gasteiger partial charge is 0.197 e. The number of carbonyl (C=O) groups is 1. The predicted octanol–water partition coefficient (Wildman–Crippen LogP) is 7.76. The van der Waals surface area contributed by atoms with Crippen molar-refractivity contribution in [2.24, 2.45) is 11.8 Å². The van der Waals surface area contributed by atoms with E-state index < -0.39 is 0 Å². The van der Waals surface area contributed by atoms with Crippen LogP contribution in [-0.2, 0) is 13.0 Å². The Morgan fingerprint density at radius 3 is 2.55 bits per heavy atom. The normalized spacial score (nSPS) is 19.6. The number of para-hydroxylation sites is 1. The highest BCUT2D eigenvalue weighted by molar-refractivity contribution is 6.13. The van der Waals surface area contributed by atoms with Crippen molar-refractivity contribution < 1.29 is 4.79 Å². The zero-order valence-electron chi connectivity index (χ0n) is 22.3. The Morgan fingerprint density at radius 1 is 0.921 bits per heavy atom. The second-order valence-electron chi connectivity index (χ2n) is 10.9. The highest BCUT2D eigenvalue weighted by atomic mass is 16.1. The predicted molar refractivity (Wildman–Crippen MR) is 157 cm³/mol. The van der Waals surface area contributed by atoms with E-state index in [1.807, 2.05) is 54.6 Å². The lowest BCUT2D eigenvalue weighted by atomic mass is 9.93. The van der Waals surface area contributed by atoms with Gasteiger partial charge in [-0.2, -0.15) is 0 Å². The third kappa shape index (κ3) is 4.07. The number of carbonyl (C=O) groups excluding carboxylic acids is 1. The van der Waals surface area contributed by atoms with Crippen LogP contribution in [0.1, 0.15) is 60.2 Å². The molecule has 3 nitrogen and oxygen atoms in total. The fraction of sp³-hybridized carbons (Fsp3) is 0.257. The number of ketones is 1. The summed E-state index contributed by atoms with van der Waals surface area (Å²) < 4.78 is 2.24. The lowest BCUT2D eigenvalue weighted by molar-refractivity contribution is 0.103. The van der Waals surface area contributed by atoms with Gasteiger partial charge in [-0.25, -0.2) is 0 Å². The van der Waals surface area contributed by atoms with Gasteiger partial charge in [0.15, 0.2) is 11.2 Å². The van der Waals surface area contributed by atoms with Crippen LogP contribution < -0.4 is 5.43 Å². The molecule has 0 amide bonds. The first-order valence-corrected chi connectivity index (χ1v) is 13.7. The van der Waals surface area contributed by atoms with Gasteiger partial charge < -0.3 is 4.57 Å². The van der Waals surface area contributed by atoms with E-state index in [1.54, 1.807) is 0 Å². The van der Waals surface area contributed by atoms with Gasteiger partial charge in [0.2, 0.25) is 0 Å². The summed E-state index contributed by atoms with van der Waals surface area (Å²) in [7, 11) is 0. The van der Waals surface area contributed by atoms with E-state index in [2.05, 4.69) is 61.8 Å². The first-order valence-electron chi connectivity index (χ1n) is 13.7. The summed E-state index contributed by atoms with van der Waals surface area (Å²) in [4.78, 5) is 27.6. The molecule has 38 heavy (non-hydrogen) atoms. The van der Waals surface area contributed by atoms with Crippen molar-refractivity contribution in [3.63, 3.8) is 0 Å². The molecule has 3 aromatic carbocycles. The van der Waals surface area contributed by atoms with E-state index in [1.165, 1.54) is 5.57 Å². The summed E-state index contributed by atoms with van der Waals surface area (Å²) in [5.41, 5.74) is 6.62. The maximum Gasteiger partial charge on any atom is 0.197 e. The molecule has 0 saturated carbocycles. The van der Waals surface area contributed by atoms with Gasteiger partial charge >= 0.3 is 0 Å². The molecule has 0 aliphatic heterocycles. The Bertz CT molecular complexity index is 1730. The molecule has 6 rings (SSSR count). The summed E-state index contributed by atoms with van der Waals surface area (Å²) >= 11 is 0. The Balaban J connectivity index is 1.55. The van der Waals surface area contributed by atoms with Crippen molar-refractivity contribution in [2.45, 2.75) is 46.1 Å².